The Labute approximate surface area is 120 Å². The van der Waals surface area contributed by atoms with Crippen molar-refractivity contribution in [2.75, 3.05) is 0 Å². The van der Waals surface area contributed by atoms with Crippen molar-refractivity contribution in [3.8, 4) is 11.3 Å². The molecule has 0 fully saturated rings. The highest BCUT2D eigenvalue weighted by atomic mass is 35.5. The van der Waals surface area contributed by atoms with Gasteiger partial charge in [-0.1, -0.05) is 28.9 Å². The maximum absolute atomic E-state index is 12.5. The van der Waals surface area contributed by atoms with E-state index >= 15 is 0 Å². The van der Waals surface area contributed by atoms with Gasteiger partial charge in [0, 0.05) is 28.5 Å². The number of carbonyl (C=O) groups excluding carboxylic acids is 1. The van der Waals surface area contributed by atoms with E-state index in [1.54, 1.807) is 37.5 Å². The van der Waals surface area contributed by atoms with Crippen LogP contribution in [0, 0.1) is 6.92 Å². The first-order valence-corrected chi connectivity index (χ1v) is 6.44. The number of aryl methyl sites for hydroxylation is 1. The van der Waals surface area contributed by atoms with Crippen molar-refractivity contribution in [2.45, 2.75) is 6.92 Å². The third kappa shape index (κ3) is 2.14. The SMILES string of the molecule is Cc1onc(-c2cccc(Cl)c2)c1C(=O)c1cc[nH]c1. The monoisotopic (exact) mass is 286 g/mol. The van der Waals surface area contributed by atoms with Gasteiger partial charge in [0.1, 0.15) is 11.5 Å². The summed E-state index contributed by atoms with van der Waals surface area (Å²) >= 11 is 5.98. The van der Waals surface area contributed by atoms with Gasteiger partial charge in [0.25, 0.3) is 0 Å². The van der Waals surface area contributed by atoms with Crippen LogP contribution in [0.1, 0.15) is 21.7 Å². The van der Waals surface area contributed by atoms with Gasteiger partial charge in [0.2, 0.25) is 0 Å². The van der Waals surface area contributed by atoms with Crippen LogP contribution in [0.3, 0.4) is 0 Å². The molecule has 2 heterocycles. The van der Waals surface area contributed by atoms with E-state index in [2.05, 4.69) is 10.1 Å². The van der Waals surface area contributed by atoms with E-state index in [-0.39, 0.29) is 5.78 Å². The zero-order valence-electron chi connectivity index (χ0n) is 10.7. The average molecular weight is 287 g/mol. The number of H-pyrrole nitrogens is 1. The van der Waals surface area contributed by atoms with Crippen LogP contribution in [0.2, 0.25) is 5.02 Å². The van der Waals surface area contributed by atoms with Crippen molar-refractivity contribution in [3.05, 3.63) is 64.6 Å². The molecule has 0 saturated carbocycles. The first kappa shape index (κ1) is 12.7. The Morgan fingerprint density at radius 3 is 2.90 bits per heavy atom. The second-order valence-electron chi connectivity index (χ2n) is 4.40. The van der Waals surface area contributed by atoms with Crippen molar-refractivity contribution in [1.29, 1.82) is 0 Å². The van der Waals surface area contributed by atoms with Gasteiger partial charge in [-0.05, 0) is 25.1 Å². The summed E-state index contributed by atoms with van der Waals surface area (Å²) in [6.45, 7) is 1.72. The van der Waals surface area contributed by atoms with Crippen LogP contribution in [-0.2, 0) is 0 Å². The van der Waals surface area contributed by atoms with Gasteiger partial charge in [-0.15, -0.1) is 0 Å². The molecule has 0 aliphatic rings. The molecule has 3 rings (SSSR count). The number of halogens is 1. The lowest BCUT2D eigenvalue weighted by Crippen LogP contribution is -2.02. The minimum Gasteiger partial charge on any atom is -0.367 e. The van der Waals surface area contributed by atoms with Crippen LogP contribution >= 0.6 is 11.6 Å². The van der Waals surface area contributed by atoms with E-state index in [0.717, 1.165) is 5.56 Å². The number of nitrogens with one attached hydrogen (secondary N) is 1. The van der Waals surface area contributed by atoms with E-state index in [4.69, 9.17) is 16.1 Å². The summed E-state index contributed by atoms with van der Waals surface area (Å²) in [6.07, 6.45) is 3.35. The Morgan fingerprint density at radius 1 is 1.35 bits per heavy atom. The number of hydrogen-bond donors (Lipinski definition) is 1. The maximum Gasteiger partial charge on any atom is 0.200 e. The van der Waals surface area contributed by atoms with Gasteiger partial charge < -0.3 is 9.51 Å². The smallest absolute Gasteiger partial charge is 0.200 e. The quantitative estimate of drug-likeness (QED) is 0.744. The number of nitrogens with zero attached hydrogens (tertiary/aromatic N) is 1. The predicted octanol–water partition coefficient (Wildman–Crippen LogP) is 3.86. The molecule has 0 radical (unpaired) electrons. The van der Waals surface area contributed by atoms with Gasteiger partial charge in [0.15, 0.2) is 5.78 Å². The van der Waals surface area contributed by atoms with E-state index < -0.39 is 0 Å². The lowest BCUT2D eigenvalue weighted by atomic mass is 10.00. The van der Waals surface area contributed by atoms with Crippen molar-refractivity contribution >= 4 is 17.4 Å². The average Bonchev–Trinajstić information content (AvgIpc) is 3.07. The van der Waals surface area contributed by atoms with Gasteiger partial charge in [-0.3, -0.25) is 4.79 Å². The van der Waals surface area contributed by atoms with Crippen LogP contribution in [0.5, 0.6) is 0 Å². The highest BCUT2D eigenvalue weighted by molar-refractivity contribution is 6.30. The predicted molar refractivity (Wildman–Crippen MR) is 75.9 cm³/mol. The van der Waals surface area contributed by atoms with Crippen molar-refractivity contribution in [2.24, 2.45) is 0 Å². The molecule has 1 N–H and O–H groups in total. The largest absolute Gasteiger partial charge is 0.367 e. The topological polar surface area (TPSA) is 58.9 Å². The first-order valence-electron chi connectivity index (χ1n) is 6.06. The third-order valence-corrected chi connectivity index (χ3v) is 3.28. The lowest BCUT2D eigenvalue weighted by Gasteiger charge is -2.01. The van der Waals surface area contributed by atoms with Crippen LogP contribution in [0.4, 0.5) is 0 Å². The van der Waals surface area contributed by atoms with Gasteiger partial charge >= 0.3 is 0 Å². The molecule has 0 atom stereocenters. The number of rotatable bonds is 3. The summed E-state index contributed by atoms with van der Waals surface area (Å²) < 4.78 is 5.18. The fourth-order valence-corrected chi connectivity index (χ4v) is 2.27. The highest BCUT2D eigenvalue weighted by Crippen LogP contribution is 2.28. The molecule has 3 aromatic rings. The Morgan fingerprint density at radius 2 is 2.20 bits per heavy atom. The second kappa shape index (κ2) is 4.98. The number of benzene rings is 1. The zero-order chi connectivity index (χ0) is 14.1. The molecule has 2 aromatic heterocycles. The Balaban J connectivity index is 2.13. The molecular formula is C15H11ClN2O2. The molecule has 20 heavy (non-hydrogen) atoms. The van der Waals surface area contributed by atoms with Crippen LogP contribution in [0.15, 0.2) is 47.2 Å². The van der Waals surface area contributed by atoms with Gasteiger partial charge in [0.05, 0.1) is 5.56 Å². The van der Waals surface area contributed by atoms with E-state index in [9.17, 15) is 4.79 Å². The molecule has 0 saturated heterocycles. The van der Waals surface area contributed by atoms with Crippen LogP contribution in [-0.4, -0.2) is 15.9 Å². The number of ketones is 1. The normalized spacial score (nSPS) is 10.7. The van der Waals surface area contributed by atoms with Gasteiger partial charge in [-0.2, -0.15) is 0 Å². The zero-order valence-corrected chi connectivity index (χ0v) is 11.4. The molecule has 5 heteroatoms. The molecule has 0 amide bonds. The molecular weight excluding hydrogens is 276 g/mol. The van der Waals surface area contributed by atoms with Crippen molar-refractivity contribution in [1.82, 2.24) is 10.1 Å². The third-order valence-electron chi connectivity index (χ3n) is 3.05. The Kier molecular flexibility index (Phi) is 3.16. The minimum absolute atomic E-state index is 0.125. The molecule has 0 bridgehead atoms. The maximum atomic E-state index is 12.5. The summed E-state index contributed by atoms with van der Waals surface area (Å²) in [5, 5.41) is 4.58. The number of aromatic amines is 1. The van der Waals surface area contributed by atoms with Crippen molar-refractivity contribution < 1.29 is 9.32 Å². The number of aromatic nitrogens is 2. The lowest BCUT2D eigenvalue weighted by molar-refractivity contribution is 0.103. The summed E-state index contributed by atoms with van der Waals surface area (Å²) in [5.41, 5.74) is 2.30. The molecule has 0 aliphatic heterocycles. The highest BCUT2D eigenvalue weighted by Gasteiger charge is 2.23. The molecule has 4 nitrogen and oxygen atoms in total. The summed E-state index contributed by atoms with van der Waals surface area (Å²) in [7, 11) is 0. The van der Waals surface area contributed by atoms with E-state index in [1.165, 1.54) is 0 Å². The molecule has 0 aliphatic carbocycles. The van der Waals surface area contributed by atoms with Crippen LogP contribution < -0.4 is 0 Å². The minimum atomic E-state index is -0.125. The summed E-state index contributed by atoms with van der Waals surface area (Å²) in [4.78, 5) is 15.4. The summed E-state index contributed by atoms with van der Waals surface area (Å²) in [5.74, 6) is 0.367. The Bertz CT molecular complexity index is 760. The number of carbonyl (C=O) groups is 1. The molecule has 1 aromatic carbocycles. The number of hydrogen-bond acceptors (Lipinski definition) is 3. The molecule has 100 valence electrons. The molecule has 0 spiro atoms. The van der Waals surface area contributed by atoms with Crippen LogP contribution in [0.25, 0.3) is 11.3 Å². The fraction of sp³-hybridized carbons (Fsp3) is 0.0667. The Hall–Kier alpha value is -2.33. The van der Waals surface area contributed by atoms with Crippen molar-refractivity contribution in [3.63, 3.8) is 0 Å². The first-order chi connectivity index (χ1) is 9.66. The van der Waals surface area contributed by atoms with E-state index in [1.807, 2.05) is 12.1 Å². The fourth-order valence-electron chi connectivity index (χ4n) is 2.08. The van der Waals surface area contributed by atoms with E-state index in [0.29, 0.717) is 27.6 Å². The second-order valence-corrected chi connectivity index (χ2v) is 4.84. The standard InChI is InChI=1S/C15H11ClN2O2/c1-9-13(15(19)11-5-6-17-8-11)14(18-20-9)10-3-2-4-12(16)7-10/h2-8,17H,1H3. The molecule has 0 unspecified atom stereocenters. The summed E-state index contributed by atoms with van der Waals surface area (Å²) in [6, 6.07) is 8.90. The van der Waals surface area contributed by atoms with Gasteiger partial charge in [-0.25, -0.2) is 0 Å².